The summed E-state index contributed by atoms with van der Waals surface area (Å²) < 4.78 is 10.6. The minimum atomic E-state index is -0.686. The number of unbranched alkanes of at least 4 members (excludes halogenated alkanes) is 1. The van der Waals surface area contributed by atoms with Crippen LogP contribution in [0.15, 0.2) is 52.4 Å². The standard InChI is InChI=1S/C27H31N5O5S/c1-4-5-14-28-23(33)13-11-20-26(35)32-25(30-20)18-8-6-7-9-19(18)31-27(32)38-16-24(34)29-21-15-17(36-2)10-12-22(21)37-3/h6-10,12,15,20H,4-5,11,13-14,16H2,1-3H3,(H,28,33)(H,29,34). The number of nitrogens with one attached hydrogen (secondary N) is 2. The van der Waals surface area contributed by atoms with Gasteiger partial charge in [0.1, 0.15) is 23.4 Å². The fourth-order valence-electron chi connectivity index (χ4n) is 4.08. The molecule has 4 rings (SSSR count). The Morgan fingerprint density at radius 3 is 2.68 bits per heavy atom. The third-order valence-electron chi connectivity index (χ3n) is 6.06. The van der Waals surface area contributed by atoms with Crippen LogP contribution in [-0.2, 0) is 14.4 Å². The predicted octanol–water partition coefficient (Wildman–Crippen LogP) is 3.73. The van der Waals surface area contributed by atoms with Gasteiger partial charge in [0, 0.05) is 24.6 Å². The third kappa shape index (κ3) is 6.16. The van der Waals surface area contributed by atoms with E-state index in [4.69, 9.17) is 9.47 Å². The molecule has 11 heteroatoms. The van der Waals surface area contributed by atoms with Crippen molar-refractivity contribution in [2.75, 3.05) is 31.8 Å². The van der Waals surface area contributed by atoms with E-state index >= 15 is 0 Å². The van der Waals surface area contributed by atoms with Gasteiger partial charge in [-0.3, -0.25) is 19.4 Å². The van der Waals surface area contributed by atoms with Gasteiger partial charge in [-0.2, -0.15) is 0 Å². The van der Waals surface area contributed by atoms with Gasteiger partial charge in [0.15, 0.2) is 5.17 Å². The molecule has 2 aliphatic rings. The second-order valence-corrected chi connectivity index (χ2v) is 9.64. The molecule has 38 heavy (non-hydrogen) atoms. The van der Waals surface area contributed by atoms with Crippen LogP contribution in [0.4, 0.5) is 11.4 Å². The first kappa shape index (κ1) is 27.2. The van der Waals surface area contributed by atoms with E-state index in [0.29, 0.717) is 46.8 Å². The van der Waals surface area contributed by atoms with Crippen LogP contribution in [0, 0.1) is 0 Å². The Labute approximate surface area is 225 Å². The van der Waals surface area contributed by atoms with E-state index in [-0.39, 0.29) is 29.9 Å². The fraction of sp³-hybridized carbons (Fsp3) is 0.370. The molecule has 0 fully saturated rings. The largest absolute Gasteiger partial charge is 0.497 e. The number of ether oxygens (including phenoxy) is 2. The molecule has 1 unspecified atom stereocenters. The number of thioether (sulfide) groups is 1. The Morgan fingerprint density at radius 2 is 1.92 bits per heavy atom. The number of rotatable bonds is 11. The van der Waals surface area contributed by atoms with Gasteiger partial charge >= 0.3 is 0 Å². The number of benzene rings is 2. The summed E-state index contributed by atoms with van der Waals surface area (Å²) >= 11 is 1.14. The van der Waals surface area contributed by atoms with Crippen molar-refractivity contribution >= 4 is 51.9 Å². The summed E-state index contributed by atoms with van der Waals surface area (Å²) in [5.74, 6) is 0.932. The van der Waals surface area contributed by atoms with Crippen LogP contribution in [0.2, 0.25) is 0 Å². The van der Waals surface area contributed by atoms with Crippen LogP contribution in [0.5, 0.6) is 11.5 Å². The molecular weight excluding hydrogens is 506 g/mol. The Bertz CT molecular complexity index is 1280. The lowest BCUT2D eigenvalue weighted by Gasteiger charge is -2.25. The van der Waals surface area contributed by atoms with E-state index in [1.807, 2.05) is 24.3 Å². The highest BCUT2D eigenvalue weighted by Crippen LogP contribution is 2.34. The first-order valence-corrected chi connectivity index (χ1v) is 13.4. The summed E-state index contributed by atoms with van der Waals surface area (Å²) in [6.07, 6.45) is 2.41. The molecular formula is C27H31N5O5S. The van der Waals surface area contributed by atoms with Gasteiger partial charge in [0.2, 0.25) is 11.8 Å². The number of amides is 3. The lowest BCUT2D eigenvalue weighted by Crippen LogP contribution is -2.41. The molecule has 0 spiro atoms. The molecule has 0 aliphatic carbocycles. The van der Waals surface area contributed by atoms with Crippen molar-refractivity contribution in [3.05, 3.63) is 48.0 Å². The summed E-state index contributed by atoms with van der Waals surface area (Å²) in [4.78, 5) is 49.2. The highest BCUT2D eigenvalue weighted by Gasteiger charge is 2.41. The maximum atomic E-state index is 13.4. The number of hydrogen-bond donors (Lipinski definition) is 2. The first-order valence-electron chi connectivity index (χ1n) is 12.5. The van der Waals surface area contributed by atoms with Gasteiger partial charge in [-0.15, -0.1) is 0 Å². The number of anilines is 1. The van der Waals surface area contributed by atoms with E-state index in [9.17, 15) is 14.4 Å². The number of hydrogen-bond acceptors (Lipinski definition) is 8. The van der Waals surface area contributed by atoms with Gasteiger partial charge in [-0.05, 0) is 37.1 Å². The molecule has 0 aromatic heterocycles. The van der Waals surface area contributed by atoms with Crippen LogP contribution in [0.3, 0.4) is 0 Å². The van der Waals surface area contributed by atoms with E-state index < -0.39 is 6.04 Å². The van der Waals surface area contributed by atoms with Crippen LogP contribution in [0.1, 0.15) is 38.2 Å². The number of nitrogens with zero attached hydrogens (tertiary/aromatic N) is 3. The number of fused-ring (bicyclic) bond motifs is 3. The summed E-state index contributed by atoms with van der Waals surface area (Å²) in [5, 5.41) is 6.08. The number of aliphatic imine (C=N–C) groups is 2. The number of amidine groups is 2. The normalized spacial score (nSPS) is 15.7. The summed E-state index contributed by atoms with van der Waals surface area (Å²) in [7, 11) is 3.06. The quantitative estimate of drug-likeness (QED) is 0.421. The lowest BCUT2D eigenvalue weighted by atomic mass is 10.1. The van der Waals surface area contributed by atoms with Crippen molar-refractivity contribution in [1.29, 1.82) is 0 Å². The predicted molar refractivity (Wildman–Crippen MR) is 148 cm³/mol. The van der Waals surface area contributed by atoms with Crippen LogP contribution in [-0.4, -0.2) is 66.2 Å². The fourth-order valence-corrected chi connectivity index (χ4v) is 4.88. The minimum Gasteiger partial charge on any atom is -0.497 e. The van der Waals surface area contributed by atoms with Crippen molar-refractivity contribution in [3.63, 3.8) is 0 Å². The van der Waals surface area contributed by atoms with Gasteiger partial charge in [0.05, 0.1) is 31.3 Å². The molecule has 2 aromatic carbocycles. The molecule has 2 aromatic rings. The second kappa shape index (κ2) is 12.6. The second-order valence-electron chi connectivity index (χ2n) is 8.70. The average Bonchev–Trinajstić information content (AvgIpc) is 3.27. The monoisotopic (exact) mass is 537 g/mol. The van der Waals surface area contributed by atoms with Crippen molar-refractivity contribution < 1.29 is 23.9 Å². The maximum absolute atomic E-state index is 13.4. The maximum Gasteiger partial charge on any atom is 0.259 e. The van der Waals surface area contributed by atoms with Gasteiger partial charge in [0.25, 0.3) is 5.91 Å². The average molecular weight is 538 g/mol. The number of carbonyl (C=O) groups excluding carboxylic acids is 3. The van der Waals surface area contributed by atoms with Crippen LogP contribution >= 0.6 is 11.8 Å². The summed E-state index contributed by atoms with van der Waals surface area (Å²) in [5.41, 5.74) is 1.89. The van der Waals surface area contributed by atoms with Crippen molar-refractivity contribution in [2.45, 2.75) is 38.6 Å². The Kier molecular flexibility index (Phi) is 9.01. The molecule has 2 N–H and O–H groups in total. The molecule has 3 amide bonds. The number of methoxy groups -OCH3 is 2. The molecule has 0 saturated heterocycles. The molecule has 0 bridgehead atoms. The molecule has 2 aliphatic heterocycles. The first-order chi connectivity index (χ1) is 18.4. The van der Waals surface area contributed by atoms with Crippen molar-refractivity contribution in [1.82, 2.24) is 10.2 Å². The molecule has 10 nitrogen and oxygen atoms in total. The number of para-hydroxylation sites is 1. The zero-order chi connectivity index (χ0) is 27.1. The van der Waals surface area contributed by atoms with Crippen LogP contribution in [0.25, 0.3) is 0 Å². The number of carbonyl (C=O) groups is 3. The highest BCUT2D eigenvalue weighted by atomic mass is 32.2. The minimum absolute atomic E-state index is 0.00290. The Morgan fingerprint density at radius 1 is 1.11 bits per heavy atom. The van der Waals surface area contributed by atoms with E-state index in [0.717, 1.165) is 30.2 Å². The molecule has 0 saturated carbocycles. The van der Waals surface area contributed by atoms with Gasteiger partial charge in [-0.1, -0.05) is 37.2 Å². The van der Waals surface area contributed by atoms with E-state index in [2.05, 4.69) is 27.5 Å². The van der Waals surface area contributed by atoms with Gasteiger partial charge < -0.3 is 20.1 Å². The topological polar surface area (TPSA) is 122 Å². The summed E-state index contributed by atoms with van der Waals surface area (Å²) in [6, 6.07) is 11.9. The molecule has 1 atom stereocenters. The molecule has 200 valence electrons. The van der Waals surface area contributed by atoms with E-state index in [1.165, 1.54) is 12.0 Å². The van der Waals surface area contributed by atoms with E-state index in [1.54, 1.807) is 25.3 Å². The SMILES string of the molecule is CCCCNC(=O)CCC1N=C2c3ccccc3N=C(SCC(=O)Nc3cc(OC)ccc3OC)N2C1=O. The molecule has 0 radical (unpaired) electrons. The van der Waals surface area contributed by atoms with Crippen LogP contribution < -0.4 is 20.1 Å². The summed E-state index contributed by atoms with van der Waals surface area (Å²) in [6.45, 7) is 2.68. The zero-order valence-corrected chi connectivity index (χ0v) is 22.5. The Hall–Kier alpha value is -3.86. The van der Waals surface area contributed by atoms with Crippen molar-refractivity contribution in [3.8, 4) is 11.5 Å². The third-order valence-corrected chi connectivity index (χ3v) is 7.00. The Balaban J connectivity index is 1.46. The zero-order valence-electron chi connectivity index (χ0n) is 21.7. The van der Waals surface area contributed by atoms with Gasteiger partial charge in [-0.25, -0.2) is 9.89 Å². The molecule has 2 heterocycles. The van der Waals surface area contributed by atoms with Crippen molar-refractivity contribution in [2.24, 2.45) is 9.98 Å². The smallest absolute Gasteiger partial charge is 0.259 e. The lowest BCUT2D eigenvalue weighted by molar-refractivity contribution is -0.125. The highest BCUT2D eigenvalue weighted by molar-refractivity contribution is 8.14.